The first kappa shape index (κ1) is 17.4. The van der Waals surface area contributed by atoms with Gasteiger partial charge in [-0.3, -0.25) is 4.79 Å². The Morgan fingerprint density at radius 1 is 1.28 bits per heavy atom. The van der Waals surface area contributed by atoms with Gasteiger partial charge in [0.25, 0.3) is 5.91 Å². The predicted molar refractivity (Wildman–Crippen MR) is 98.5 cm³/mol. The molecule has 0 spiro atoms. The van der Waals surface area contributed by atoms with Gasteiger partial charge in [0.1, 0.15) is 5.82 Å². The molecule has 1 aromatic heterocycles. The van der Waals surface area contributed by atoms with E-state index in [0.717, 1.165) is 31.7 Å². The first-order valence-electron chi connectivity index (χ1n) is 8.78. The minimum Gasteiger partial charge on any atom is -0.384 e. The predicted octanol–water partition coefficient (Wildman–Crippen LogP) is 3.19. The highest BCUT2D eigenvalue weighted by Crippen LogP contribution is 2.19. The fraction of sp³-hybridized carbons (Fsp3) is 0.400. The van der Waals surface area contributed by atoms with Gasteiger partial charge >= 0.3 is 0 Å². The number of hydrogen-bond acceptors (Lipinski definition) is 4. The Hall–Kier alpha value is -2.40. The maximum atomic E-state index is 12.7. The highest BCUT2D eigenvalue weighted by molar-refractivity contribution is 5.94. The van der Waals surface area contributed by atoms with Gasteiger partial charge in [0, 0.05) is 32.9 Å². The van der Waals surface area contributed by atoms with Crippen molar-refractivity contribution in [3.8, 4) is 0 Å². The normalized spacial score (nSPS) is 17.3. The molecular formula is C20H25N3O2. The SMILES string of the molecule is COC[C@H]1CCCN(C(=O)c2ccc(NCc3ccccc3)nc2)C1. The van der Waals surface area contributed by atoms with E-state index in [-0.39, 0.29) is 5.91 Å². The van der Waals surface area contributed by atoms with Gasteiger partial charge in [-0.25, -0.2) is 4.98 Å². The molecule has 1 fully saturated rings. The molecule has 5 heteroatoms. The molecule has 25 heavy (non-hydrogen) atoms. The summed E-state index contributed by atoms with van der Waals surface area (Å²) in [7, 11) is 1.71. The van der Waals surface area contributed by atoms with Crippen molar-refractivity contribution in [2.75, 3.05) is 32.1 Å². The maximum absolute atomic E-state index is 12.7. The van der Waals surface area contributed by atoms with Gasteiger partial charge in [-0.2, -0.15) is 0 Å². The molecule has 1 aromatic carbocycles. The van der Waals surface area contributed by atoms with E-state index in [4.69, 9.17) is 4.74 Å². The monoisotopic (exact) mass is 339 g/mol. The number of nitrogens with zero attached hydrogens (tertiary/aromatic N) is 2. The van der Waals surface area contributed by atoms with E-state index in [1.807, 2.05) is 35.2 Å². The number of hydrogen-bond donors (Lipinski definition) is 1. The Labute approximate surface area is 149 Å². The van der Waals surface area contributed by atoms with Crippen LogP contribution < -0.4 is 5.32 Å². The molecule has 0 bridgehead atoms. The second kappa shape index (κ2) is 8.62. The van der Waals surface area contributed by atoms with Crippen LogP contribution in [0.4, 0.5) is 5.82 Å². The fourth-order valence-corrected chi connectivity index (χ4v) is 3.22. The summed E-state index contributed by atoms with van der Waals surface area (Å²) in [5.74, 6) is 1.27. The van der Waals surface area contributed by atoms with Crippen molar-refractivity contribution in [2.24, 2.45) is 5.92 Å². The van der Waals surface area contributed by atoms with E-state index in [9.17, 15) is 4.79 Å². The molecular weight excluding hydrogens is 314 g/mol. The third-order valence-electron chi connectivity index (χ3n) is 4.54. The van der Waals surface area contributed by atoms with Crippen molar-refractivity contribution in [3.63, 3.8) is 0 Å². The Balaban J connectivity index is 1.57. The number of carbonyl (C=O) groups excluding carboxylic acids is 1. The number of benzene rings is 1. The molecule has 1 amide bonds. The summed E-state index contributed by atoms with van der Waals surface area (Å²) in [5.41, 5.74) is 1.84. The maximum Gasteiger partial charge on any atom is 0.255 e. The largest absolute Gasteiger partial charge is 0.384 e. The fourth-order valence-electron chi connectivity index (χ4n) is 3.22. The van der Waals surface area contributed by atoms with Crippen LogP contribution in [-0.2, 0) is 11.3 Å². The van der Waals surface area contributed by atoms with Crippen molar-refractivity contribution < 1.29 is 9.53 Å². The number of methoxy groups -OCH3 is 1. The van der Waals surface area contributed by atoms with Gasteiger partial charge in [0.15, 0.2) is 0 Å². The van der Waals surface area contributed by atoms with Gasteiger partial charge in [-0.05, 0) is 36.5 Å². The first-order chi connectivity index (χ1) is 12.3. The van der Waals surface area contributed by atoms with Crippen LogP contribution in [0.25, 0.3) is 0 Å². The smallest absolute Gasteiger partial charge is 0.255 e. The van der Waals surface area contributed by atoms with Gasteiger partial charge < -0.3 is 15.0 Å². The summed E-state index contributed by atoms with van der Waals surface area (Å²) >= 11 is 0. The van der Waals surface area contributed by atoms with Crippen LogP contribution in [0.2, 0.25) is 0 Å². The molecule has 1 aliphatic rings. The van der Waals surface area contributed by atoms with Gasteiger partial charge in [-0.15, -0.1) is 0 Å². The molecule has 3 rings (SSSR count). The Morgan fingerprint density at radius 2 is 2.12 bits per heavy atom. The Kier molecular flexibility index (Phi) is 6.01. The number of likely N-dealkylation sites (tertiary alicyclic amines) is 1. The van der Waals surface area contributed by atoms with Crippen molar-refractivity contribution in [1.82, 2.24) is 9.88 Å². The summed E-state index contributed by atoms with van der Waals surface area (Å²) in [6, 6.07) is 13.9. The molecule has 5 nitrogen and oxygen atoms in total. The lowest BCUT2D eigenvalue weighted by molar-refractivity contribution is 0.0570. The Bertz CT molecular complexity index is 671. The number of carbonyl (C=O) groups is 1. The van der Waals surface area contributed by atoms with Crippen molar-refractivity contribution in [1.29, 1.82) is 0 Å². The highest BCUT2D eigenvalue weighted by atomic mass is 16.5. The van der Waals surface area contributed by atoms with Crippen LogP contribution in [0.5, 0.6) is 0 Å². The molecule has 1 saturated heterocycles. The molecule has 0 saturated carbocycles. The topological polar surface area (TPSA) is 54.5 Å². The summed E-state index contributed by atoms with van der Waals surface area (Å²) in [6.07, 6.45) is 3.82. The third kappa shape index (κ3) is 4.79. The van der Waals surface area contributed by atoms with Crippen molar-refractivity contribution in [2.45, 2.75) is 19.4 Å². The molecule has 2 aromatic rings. The molecule has 132 valence electrons. The Morgan fingerprint density at radius 3 is 2.84 bits per heavy atom. The lowest BCUT2D eigenvalue weighted by atomic mass is 9.98. The summed E-state index contributed by atoms with van der Waals surface area (Å²) < 4.78 is 5.24. The van der Waals surface area contributed by atoms with Crippen LogP contribution >= 0.6 is 0 Å². The number of rotatable bonds is 6. The summed E-state index contributed by atoms with van der Waals surface area (Å²) in [5, 5.41) is 3.28. The second-order valence-corrected chi connectivity index (χ2v) is 6.49. The molecule has 1 atom stereocenters. The number of amides is 1. The highest BCUT2D eigenvalue weighted by Gasteiger charge is 2.24. The quantitative estimate of drug-likeness (QED) is 0.878. The number of piperidine rings is 1. The van der Waals surface area contributed by atoms with Gasteiger partial charge in [0.2, 0.25) is 0 Å². The second-order valence-electron chi connectivity index (χ2n) is 6.49. The third-order valence-corrected chi connectivity index (χ3v) is 4.54. The van der Waals surface area contributed by atoms with Gasteiger partial charge in [0.05, 0.1) is 12.2 Å². The molecule has 0 radical (unpaired) electrons. The standard InChI is InChI=1S/C20H25N3O2/c1-25-15-17-8-5-11-23(14-17)20(24)18-9-10-19(22-13-18)21-12-16-6-3-2-4-7-16/h2-4,6-7,9-10,13,17H,5,8,11-12,14-15H2,1H3,(H,21,22)/t17-/m0/s1. The number of pyridine rings is 1. The lowest BCUT2D eigenvalue weighted by Crippen LogP contribution is -2.41. The van der Waals surface area contributed by atoms with Crippen LogP contribution in [-0.4, -0.2) is 42.6 Å². The molecule has 0 unspecified atom stereocenters. The van der Waals surface area contributed by atoms with E-state index < -0.39 is 0 Å². The summed E-state index contributed by atoms with van der Waals surface area (Å²) in [6.45, 7) is 3.00. The number of anilines is 1. The van der Waals surface area contributed by atoms with Crippen molar-refractivity contribution >= 4 is 11.7 Å². The molecule has 1 N–H and O–H groups in total. The van der Waals surface area contributed by atoms with Crippen LogP contribution in [0.15, 0.2) is 48.7 Å². The molecule has 2 heterocycles. The number of aromatic nitrogens is 1. The van der Waals surface area contributed by atoms with Crippen molar-refractivity contribution in [3.05, 3.63) is 59.8 Å². The average molecular weight is 339 g/mol. The zero-order chi connectivity index (χ0) is 17.5. The van der Waals surface area contributed by atoms with E-state index in [0.29, 0.717) is 24.6 Å². The zero-order valence-corrected chi connectivity index (χ0v) is 14.6. The average Bonchev–Trinajstić information content (AvgIpc) is 2.67. The lowest BCUT2D eigenvalue weighted by Gasteiger charge is -2.32. The molecule has 0 aliphatic carbocycles. The zero-order valence-electron chi connectivity index (χ0n) is 14.6. The number of nitrogens with one attached hydrogen (secondary N) is 1. The summed E-state index contributed by atoms with van der Waals surface area (Å²) in [4.78, 5) is 19.0. The van der Waals surface area contributed by atoms with E-state index in [2.05, 4.69) is 22.4 Å². The van der Waals surface area contributed by atoms with E-state index >= 15 is 0 Å². The van der Waals surface area contributed by atoms with Gasteiger partial charge in [-0.1, -0.05) is 30.3 Å². The minimum absolute atomic E-state index is 0.0583. The van der Waals surface area contributed by atoms with Crippen LogP contribution in [0, 0.1) is 5.92 Å². The number of ether oxygens (including phenoxy) is 1. The molecule has 1 aliphatic heterocycles. The first-order valence-corrected chi connectivity index (χ1v) is 8.78. The van der Waals surface area contributed by atoms with E-state index in [1.165, 1.54) is 5.56 Å². The van der Waals surface area contributed by atoms with Crippen LogP contribution in [0.1, 0.15) is 28.8 Å². The van der Waals surface area contributed by atoms with E-state index in [1.54, 1.807) is 13.3 Å². The van der Waals surface area contributed by atoms with Crippen LogP contribution in [0.3, 0.4) is 0 Å². The minimum atomic E-state index is 0.0583.